The lowest BCUT2D eigenvalue weighted by Crippen LogP contribution is -2.18. The summed E-state index contributed by atoms with van der Waals surface area (Å²) in [5, 5.41) is 9.19. The lowest BCUT2D eigenvalue weighted by atomic mass is 9.85. The molecule has 0 bridgehead atoms. The van der Waals surface area contributed by atoms with E-state index in [0.29, 0.717) is 18.4 Å². The number of benzene rings is 1. The summed E-state index contributed by atoms with van der Waals surface area (Å²) < 4.78 is 4.96. The van der Waals surface area contributed by atoms with Crippen LogP contribution in [0.3, 0.4) is 0 Å². The van der Waals surface area contributed by atoms with Gasteiger partial charge in [-0.05, 0) is 30.9 Å². The van der Waals surface area contributed by atoms with Crippen LogP contribution >= 0.6 is 0 Å². The van der Waals surface area contributed by atoms with Crippen LogP contribution in [0.1, 0.15) is 24.5 Å². The monoisotopic (exact) mass is 246 g/mol. The van der Waals surface area contributed by atoms with E-state index in [4.69, 9.17) is 4.74 Å². The van der Waals surface area contributed by atoms with Gasteiger partial charge in [0.2, 0.25) is 0 Å². The highest BCUT2D eigenvalue weighted by Gasteiger charge is 2.28. The minimum Gasteiger partial charge on any atom is -0.478 e. The van der Waals surface area contributed by atoms with Crippen molar-refractivity contribution in [1.29, 1.82) is 0 Å². The molecule has 1 aromatic carbocycles. The maximum absolute atomic E-state index is 11.9. The molecule has 2 rings (SSSR count). The number of hydrogen-bond donors (Lipinski definition) is 1. The van der Waals surface area contributed by atoms with Gasteiger partial charge in [-0.2, -0.15) is 0 Å². The van der Waals surface area contributed by atoms with Crippen molar-refractivity contribution in [3.05, 3.63) is 41.0 Å². The molecule has 0 aromatic heterocycles. The number of rotatable bonds is 3. The summed E-state index contributed by atoms with van der Waals surface area (Å²) in [7, 11) is 0. The number of carbonyl (C=O) groups excluding carboxylic acids is 1. The molecule has 0 fully saturated rings. The number of ether oxygens (including phenoxy) is 1. The first-order chi connectivity index (χ1) is 8.65. The molecule has 4 nitrogen and oxygen atoms in total. The number of esters is 1. The zero-order valence-corrected chi connectivity index (χ0v) is 10.1. The van der Waals surface area contributed by atoms with Crippen LogP contribution in [0.2, 0.25) is 0 Å². The molecule has 0 radical (unpaired) electrons. The first kappa shape index (κ1) is 12.4. The first-order valence-corrected chi connectivity index (χ1v) is 5.87. The second-order valence-electron chi connectivity index (χ2n) is 4.04. The summed E-state index contributed by atoms with van der Waals surface area (Å²) in [4.78, 5) is 23.1. The van der Waals surface area contributed by atoms with Crippen LogP contribution in [0.5, 0.6) is 0 Å². The zero-order chi connectivity index (χ0) is 13.1. The van der Waals surface area contributed by atoms with E-state index in [1.807, 2.05) is 12.1 Å². The van der Waals surface area contributed by atoms with Gasteiger partial charge < -0.3 is 9.84 Å². The summed E-state index contributed by atoms with van der Waals surface area (Å²) in [6.07, 6.45) is 1.00. The summed E-state index contributed by atoms with van der Waals surface area (Å²) >= 11 is 0. The van der Waals surface area contributed by atoms with Crippen molar-refractivity contribution in [2.75, 3.05) is 6.61 Å². The Morgan fingerprint density at radius 2 is 2.00 bits per heavy atom. The molecule has 18 heavy (non-hydrogen) atoms. The van der Waals surface area contributed by atoms with Crippen LogP contribution in [0.15, 0.2) is 29.8 Å². The average Bonchev–Trinajstić information content (AvgIpc) is 2.37. The number of hydrogen-bond acceptors (Lipinski definition) is 3. The maximum atomic E-state index is 11.9. The van der Waals surface area contributed by atoms with Gasteiger partial charge in [0.25, 0.3) is 0 Å². The van der Waals surface area contributed by atoms with E-state index < -0.39 is 11.9 Å². The van der Waals surface area contributed by atoms with Crippen LogP contribution in [-0.4, -0.2) is 23.7 Å². The molecule has 94 valence electrons. The minimum absolute atomic E-state index is 0.146. The lowest BCUT2D eigenvalue weighted by molar-refractivity contribution is -0.137. The number of aryl methyl sites for hydroxylation is 1. The molecule has 1 aliphatic carbocycles. The Bertz CT molecular complexity index is 528. The number of carbonyl (C=O) groups is 2. The predicted octanol–water partition coefficient (Wildman–Crippen LogP) is 2.03. The zero-order valence-electron chi connectivity index (χ0n) is 10.1. The van der Waals surface area contributed by atoms with Crippen LogP contribution in [0.4, 0.5) is 0 Å². The first-order valence-electron chi connectivity index (χ1n) is 5.87. The number of carboxylic acids is 1. The highest BCUT2D eigenvalue weighted by Crippen LogP contribution is 2.32. The molecular weight excluding hydrogens is 232 g/mol. The Balaban J connectivity index is 2.57. The molecule has 0 saturated heterocycles. The van der Waals surface area contributed by atoms with Crippen LogP contribution in [0, 0.1) is 0 Å². The van der Waals surface area contributed by atoms with Gasteiger partial charge in [0.05, 0.1) is 17.8 Å². The van der Waals surface area contributed by atoms with Gasteiger partial charge in [-0.15, -0.1) is 0 Å². The van der Waals surface area contributed by atoms with E-state index in [1.165, 1.54) is 0 Å². The van der Waals surface area contributed by atoms with Crippen molar-refractivity contribution in [1.82, 2.24) is 0 Å². The third-order valence-electron chi connectivity index (χ3n) is 2.97. The van der Waals surface area contributed by atoms with Gasteiger partial charge >= 0.3 is 11.9 Å². The second-order valence-corrected chi connectivity index (χ2v) is 4.04. The van der Waals surface area contributed by atoms with Crippen molar-refractivity contribution < 1.29 is 19.4 Å². The summed E-state index contributed by atoms with van der Waals surface area (Å²) in [6, 6.07) is 7.35. The van der Waals surface area contributed by atoms with E-state index in [9.17, 15) is 14.7 Å². The smallest absolute Gasteiger partial charge is 0.339 e. The molecule has 4 heteroatoms. The molecule has 1 aliphatic rings. The fourth-order valence-corrected chi connectivity index (χ4v) is 2.18. The van der Waals surface area contributed by atoms with Gasteiger partial charge in [0.15, 0.2) is 0 Å². The van der Waals surface area contributed by atoms with Gasteiger partial charge in [-0.3, -0.25) is 0 Å². The van der Waals surface area contributed by atoms with Crippen molar-refractivity contribution in [2.24, 2.45) is 0 Å². The highest BCUT2D eigenvalue weighted by molar-refractivity contribution is 6.23. The third-order valence-corrected chi connectivity index (χ3v) is 2.97. The Morgan fingerprint density at radius 3 is 2.67 bits per heavy atom. The topological polar surface area (TPSA) is 63.6 Å². The van der Waals surface area contributed by atoms with Crippen LogP contribution in [0.25, 0.3) is 5.57 Å². The fraction of sp³-hybridized carbons (Fsp3) is 0.286. The van der Waals surface area contributed by atoms with E-state index in [0.717, 1.165) is 5.56 Å². The van der Waals surface area contributed by atoms with Crippen molar-refractivity contribution in [3.8, 4) is 0 Å². The van der Waals surface area contributed by atoms with E-state index >= 15 is 0 Å². The molecule has 0 spiro atoms. The molecule has 0 amide bonds. The standard InChI is InChI=1S/C14H14O4/c1-2-18-14(17)12-10-6-4-3-5-9(10)7-8-11(12)13(15)16/h3-6H,2,7-8H2,1H3,(H,15,16). The number of carboxylic acid groups (broad SMARTS) is 1. The van der Waals surface area contributed by atoms with Gasteiger partial charge in [0.1, 0.15) is 0 Å². The summed E-state index contributed by atoms with van der Waals surface area (Å²) in [5.41, 5.74) is 2.02. The quantitative estimate of drug-likeness (QED) is 0.829. The second kappa shape index (κ2) is 5.04. The Labute approximate surface area is 105 Å². The minimum atomic E-state index is -1.05. The predicted molar refractivity (Wildman–Crippen MR) is 66.0 cm³/mol. The molecule has 1 aromatic rings. The fourth-order valence-electron chi connectivity index (χ4n) is 2.18. The van der Waals surface area contributed by atoms with Crippen molar-refractivity contribution in [2.45, 2.75) is 19.8 Å². The average molecular weight is 246 g/mol. The van der Waals surface area contributed by atoms with Gasteiger partial charge in [-0.1, -0.05) is 24.3 Å². The molecule has 0 unspecified atom stereocenters. The van der Waals surface area contributed by atoms with E-state index in [-0.39, 0.29) is 17.8 Å². The molecule has 0 aliphatic heterocycles. The SMILES string of the molecule is CCOC(=O)C1=C(C(=O)O)CCc2ccccc21. The number of aliphatic carboxylic acids is 1. The molecule has 0 saturated carbocycles. The van der Waals surface area contributed by atoms with Gasteiger partial charge in [0, 0.05) is 0 Å². The van der Waals surface area contributed by atoms with Gasteiger partial charge in [-0.25, -0.2) is 9.59 Å². The molecule has 0 atom stereocenters. The van der Waals surface area contributed by atoms with E-state index in [2.05, 4.69) is 0 Å². The van der Waals surface area contributed by atoms with Crippen molar-refractivity contribution in [3.63, 3.8) is 0 Å². The summed E-state index contributed by atoms with van der Waals surface area (Å²) in [5.74, 6) is -1.60. The lowest BCUT2D eigenvalue weighted by Gasteiger charge is -2.20. The molecular formula is C14H14O4. The number of fused-ring (bicyclic) bond motifs is 1. The van der Waals surface area contributed by atoms with Crippen LogP contribution in [-0.2, 0) is 20.7 Å². The Kier molecular flexibility index (Phi) is 3.46. The Morgan fingerprint density at radius 1 is 1.28 bits per heavy atom. The normalized spacial score (nSPS) is 14.1. The van der Waals surface area contributed by atoms with Crippen molar-refractivity contribution >= 4 is 17.5 Å². The maximum Gasteiger partial charge on any atom is 0.339 e. The highest BCUT2D eigenvalue weighted by atomic mass is 16.5. The third kappa shape index (κ3) is 2.14. The molecule has 0 heterocycles. The largest absolute Gasteiger partial charge is 0.478 e. The Hall–Kier alpha value is -2.10. The van der Waals surface area contributed by atoms with Crippen LogP contribution < -0.4 is 0 Å². The summed E-state index contributed by atoms with van der Waals surface area (Å²) in [6.45, 7) is 1.94. The van der Waals surface area contributed by atoms with E-state index in [1.54, 1.807) is 19.1 Å². The molecule has 1 N–H and O–H groups in total.